The zero-order valence-electron chi connectivity index (χ0n) is 12.0. The summed E-state index contributed by atoms with van der Waals surface area (Å²) in [6, 6.07) is 5.82. The number of hydrogen-bond donors (Lipinski definition) is 1. The molecule has 1 aromatic carbocycles. The Morgan fingerprint density at radius 3 is 2.90 bits per heavy atom. The molecule has 20 heavy (non-hydrogen) atoms. The third-order valence-electron chi connectivity index (χ3n) is 3.18. The van der Waals surface area contributed by atoms with Crippen LogP contribution in [0.1, 0.15) is 23.9 Å². The molecular weight excluding hydrogens is 254 g/mol. The van der Waals surface area contributed by atoms with Crippen LogP contribution >= 0.6 is 0 Å². The lowest BCUT2D eigenvalue weighted by molar-refractivity contribution is 0.311. The quantitative estimate of drug-likeness (QED) is 0.517. The first-order valence-electron chi connectivity index (χ1n) is 6.50. The molecule has 1 N–H and O–H groups in total. The standard InChI is InChI=1S/C15H19N3O2/c1-11-4-5-13(12(2)17-19)14(10-11)20-9-6-15-16-7-8-18(15)3/h4-5,7-8,10,19H,6,9H2,1-3H3/b17-12-. The van der Waals surface area contributed by atoms with Crippen LogP contribution in [0.4, 0.5) is 0 Å². The average molecular weight is 273 g/mol. The first-order chi connectivity index (χ1) is 9.61. The van der Waals surface area contributed by atoms with Gasteiger partial charge in [0, 0.05) is 31.4 Å². The number of aryl methyl sites for hydroxylation is 2. The lowest BCUT2D eigenvalue weighted by atomic mass is 10.1. The summed E-state index contributed by atoms with van der Waals surface area (Å²) >= 11 is 0. The van der Waals surface area contributed by atoms with Gasteiger partial charge in [0.15, 0.2) is 0 Å². The molecule has 0 amide bonds. The Morgan fingerprint density at radius 1 is 1.45 bits per heavy atom. The van der Waals surface area contributed by atoms with E-state index in [4.69, 9.17) is 9.94 Å². The van der Waals surface area contributed by atoms with Crippen molar-refractivity contribution in [3.05, 3.63) is 47.5 Å². The Kier molecular flexibility index (Phi) is 4.40. The van der Waals surface area contributed by atoms with E-state index >= 15 is 0 Å². The number of rotatable bonds is 5. The Labute approximate surface area is 118 Å². The van der Waals surface area contributed by atoms with E-state index < -0.39 is 0 Å². The third-order valence-corrected chi connectivity index (χ3v) is 3.18. The van der Waals surface area contributed by atoms with Crippen LogP contribution < -0.4 is 4.74 Å². The van der Waals surface area contributed by atoms with Gasteiger partial charge >= 0.3 is 0 Å². The van der Waals surface area contributed by atoms with Gasteiger partial charge in [-0.15, -0.1) is 0 Å². The van der Waals surface area contributed by atoms with Crippen LogP contribution in [0.25, 0.3) is 0 Å². The highest BCUT2D eigenvalue weighted by Crippen LogP contribution is 2.21. The molecule has 0 fully saturated rings. The van der Waals surface area contributed by atoms with Crippen molar-refractivity contribution < 1.29 is 9.94 Å². The molecule has 0 radical (unpaired) electrons. The second kappa shape index (κ2) is 6.23. The van der Waals surface area contributed by atoms with Crippen molar-refractivity contribution in [2.24, 2.45) is 12.2 Å². The average Bonchev–Trinajstić information content (AvgIpc) is 2.84. The van der Waals surface area contributed by atoms with E-state index in [1.807, 2.05) is 42.9 Å². The minimum Gasteiger partial charge on any atom is -0.492 e. The Balaban J connectivity index is 2.09. The number of ether oxygens (including phenoxy) is 1. The van der Waals surface area contributed by atoms with Gasteiger partial charge in [-0.25, -0.2) is 4.98 Å². The van der Waals surface area contributed by atoms with Crippen molar-refractivity contribution in [3.8, 4) is 5.75 Å². The molecule has 0 bridgehead atoms. The highest BCUT2D eigenvalue weighted by molar-refractivity contribution is 6.00. The Bertz CT molecular complexity index is 617. The largest absolute Gasteiger partial charge is 0.492 e. The van der Waals surface area contributed by atoms with Gasteiger partial charge in [0.1, 0.15) is 11.6 Å². The molecular formula is C15H19N3O2. The first-order valence-corrected chi connectivity index (χ1v) is 6.50. The van der Waals surface area contributed by atoms with E-state index in [1.165, 1.54) is 0 Å². The van der Waals surface area contributed by atoms with Crippen molar-refractivity contribution in [1.82, 2.24) is 9.55 Å². The van der Waals surface area contributed by atoms with Crippen molar-refractivity contribution >= 4 is 5.71 Å². The van der Waals surface area contributed by atoms with E-state index in [9.17, 15) is 0 Å². The lowest BCUT2D eigenvalue weighted by Gasteiger charge is -2.11. The Hall–Kier alpha value is -2.30. The van der Waals surface area contributed by atoms with Crippen LogP contribution in [0.3, 0.4) is 0 Å². The molecule has 1 aromatic heterocycles. The molecule has 0 atom stereocenters. The van der Waals surface area contributed by atoms with Gasteiger partial charge in [-0.3, -0.25) is 0 Å². The zero-order chi connectivity index (χ0) is 14.5. The molecule has 0 saturated carbocycles. The van der Waals surface area contributed by atoms with Gasteiger partial charge in [-0.1, -0.05) is 11.2 Å². The highest BCUT2D eigenvalue weighted by atomic mass is 16.5. The number of benzene rings is 1. The van der Waals surface area contributed by atoms with E-state index in [1.54, 1.807) is 13.1 Å². The summed E-state index contributed by atoms with van der Waals surface area (Å²) in [4.78, 5) is 4.26. The van der Waals surface area contributed by atoms with Gasteiger partial charge in [-0.2, -0.15) is 0 Å². The van der Waals surface area contributed by atoms with Gasteiger partial charge in [0.05, 0.1) is 12.3 Å². The fourth-order valence-electron chi connectivity index (χ4n) is 1.99. The highest BCUT2D eigenvalue weighted by Gasteiger charge is 2.08. The molecule has 0 aliphatic heterocycles. The fraction of sp³-hybridized carbons (Fsp3) is 0.333. The molecule has 2 aromatic rings. The number of oxime groups is 1. The number of hydrogen-bond acceptors (Lipinski definition) is 4. The van der Waals surface area contributed by atoms with Crippen molar-refractivity contribution in [2.45, 2.75) is 20.3 Å². The van der Waals surface area contributed by atoms with Crippen LogP contribution in [-0.2, 0) is 13.5 Å². The van der Waals surface area contributed by atoms with Crippen LogP contribution in [0.2, 0.25) is 0 Å². The summed E-state index contributed by atoms with van der Waals surface area (Å²) in [5, 5.41) is 12.2. The topological polar surface area (TPSA) is 59.6 Å². The van der Waals surface area contributed by atoms with Crippen LogP contribution in [0.15, 0.2) is 35.7 Å². The zero-order valence-corrected chi connectivity index (χ0v) is 12.0. The maximum atomic E-state index is 8.91. The summed E-state index contributed by atoms with van der Waals surface area (Å²) in [6.45, 7) is 4.27. The number of imidazole rings is 1. The fourth-order valence-corrected chi connectivity index (χ4v) is 1.99. The third kappa shape index (κ3) is 3.17. The van der Waals surface area contributed by atoms with Crippen molar-refractivity contribution in [2.75, 3.05) is 6.61 Å². The van der Waals surface area contributed by atoms with E-state index in [2.05, 4.69) is 10.1 Å². The lowest BCUT2D eigenvalue weighted by Crippen LogP contribution is -2.08. The molecule has 0 unspecified atom stereocenters. The minimum absolute atomic E-state index is 0.528. The van der Waals surface area contributed by atoms with E-state index in [0.717, 1.165) is 29.1 Å². The molecule has 0 aliphatic rings. The molecule has 106 valence electrons. The summed E-state index contributed by atoms with van der Waals surface area (Å²) < 4.78 is 7.80. The second-order valence-corrected chi connectivity index (χ2v) is 4.74. The predicted octanol–water partition coefficient (Wildman–Crippen LogP) is 2.55. The van der Waals surface area contributed by atoms with Crippen molar-refractivity contribution in [1.29, 1.82) is 0 Å². The second-order valence-electron chi connectivity index (χ2n) is 4.74. The SMILES string of the molecule is C/C(=N/O)c1ccc(C)cc1OCCc1nccn1C. The normalized spacial score (nSPS) is 11.7. The predicted molar refractivity (Wildman–Crippen MR) is 77.6 cm³/mol. The smallest absolute Gasteiger partial charge is 0.128 e. The van der Waals surface area contributed by atoms with Crippen molar-refractivity contribution in [3.63, 3.8) is 0 Å². The summed E-state index contributed by atoms with van der Waals surface area (Å²) in [7, 11) is 1.96. The van der Waals surface area contributed by atoms with Crippen LogP contribution in [-0.4, -0.2) is 27.1 Å². The van der Waals surface area contributed by atoms with Gasteiger partial charge in [0.25, 0.3) is 0 Å². The Morgan fingerprint density at radius 2 is 2.25 bits per heavy atom. The number of nitrogens with zero attached hydrogens (tertiary/aromatic N) is 3. The maximum Gasteiger partial charge on any atom is 0.128 e. The molecule has 0 saturated heterocycles. The molecule has 0 aliphatic carbocycles. The molecule has 5 nitrogen and oxygen atoms in total. The van der Waals surface area contributed by atoms with Crippen LogP contribution in [0.5, 0.6) is 5.75 Å². The van der Waals surface area contributed by atoms with Gasteiger partial charge < -0.3 is 14.5 Å². The molecule has 0 spiro atoms. The molecule has 5 heteroatoms. The monoisotopic (exact) mass is 273 g/mol. The summed E-state index contributed by atoms with van der Waals surface area (Å²) in [5.41, 5.74) is 2.45. The van der Waals surface area contributed by atoms with Gasteiger partial charge in [-0.05, 0) is 31.5 Å². The molecule has 1 heterocycles. The summed E-state index contributed by atoms with van der Waals surface area (Å²) in [6.07, 6.45) is 4.41. The first kappa shape index (κ1) is 14.1. The minimum atomic E-state index is 0.528. The van der Waals surface area contributed by atoms with E-state index in [-0.39, 0.29) is 0 Å². The summed E-state index contributed by atoms with van der Waals surface area (Å²) in [5.74, 6) is 1.71. The number of aromatic nitrogens is 2. The maximum absolute atomic E-state index is 8.91. The van der Waals surface area contributed by atoms with Gasteiger partial charge in [0.2, 0.25) is 0 Å². The van der Waals surface area contributed by atoms with E-state index in [0.29, 0.717) is 12.3 Å². The molecule has 2 rings (SSSR count). The van der Waals surface area contributed by atoms with Crippen LogP contribution in [0, 0.1) is 6.92 Å².